The molecule has 20 heavy (non-hydrogen) atoms. The van der Waals surface area contributed by atoms with Crippen LogP contribution < -0.4 is 4.74 Å². The van der Waals surface area contributed by atoms with Crippen molar-refractivity contribution in [3.8, 4) is 28.5 Å². The fourth-order valence-corrected chi connectivity index (χ4v) is 2.14. The van der Waals surface area contributed by atoms with Gasteiger partial charge < -0.3 is 14.9 Å². The van der Waals surface area contributed by atoms with Crippen molar-refractivity contribution in [3.63, 3.8) is 0 Å². The topological polar surface area (TPSA) is 62.6 Å². The minimum absolute atomic E-state index is 0.151. The maximum absolute atomic E-state index is 9.59. The van der Waals surface area contributed by atoms with Crippen molar-refractivity contribution < 1.29 is 14.9 Å². The van der Waals surface area contributed by atoms with Crippen LogP contribution in [0.4, 0.5) is 0 Å². The van der Waals surface area contributed by atoms with Crippen molar-refractivity contribution in [2.24, 2.45) is 0 Å². The third-order valence-electron chi connectivity index (χ3n) is 3.17. The maximum Gasteiger partial charge on any atom is 0.158 e. The molecule has 0 radical (unpaired) electrons. The fourth-order valence-electron chi connectivity index (χ4n) is 2.14. The number of phenols is 2. The molecule has 3 aromatic rings. The molecule has 0 unspecified atom stereocenters. The Kier molecular flexibility index (Phi) is 2.91. The number of benzene rings is 2. The largest absolute Gasteiger partial charge is 0.504 e. The lowest BCUT2D eigenvalue weighted by Gasteiger charge is -2.09. The van der Waals surface area contributed by atoms with Gasteiger partial charge in [-0.3, -0.25) is 0 Å². The third kappa shape index (κ3) is 2.01. The van der Waals surface area contributed by atoms with Gasteiger partial charge in [-0.1, -0.05) is 12.1 Å². The number of hydrogen-bond acceptors (Lipinski definition) is 4. The summed E-state index contributed by atoms with van der Waals surface area (Å²) in [4.78, 5) is 4.55. The number of pyridine rings is 1. The van der Waals surface area contributed by atoms with Gasteiger partial charge in [0, 0.05) is 17.0 Å². The molecular formula is C16H13NO3. The highest BCUT2D eigenvalue weighted by molar-refractivity contribution is 5.88. The van der Waals surface area contributed by atoms with Gasteiger partial charge in [0.05, 0.1) is 18.3 Å². The molecule has 1 heterocycles. The van der Waals surface area contributed by atoms with E-state index < -0.39 is 0 Å². The number of rotatable bonds is 2. The fraction of sp³-hybridized carbons (Fsp3) is 0.0625. The Morgan fingerprint density at radius 2 is 1.75 bits per heavy atom. The average Bonchev–Trinajstić information content (AvgIpc) is 2.49. The predicted molar refractivity (Wildman–Crippen MR) is 77.1 cm³/mol. The van der Waals surface area contributed by atoms with Crippen LogP contribution in [0.3, 0.4) is 0 Å². The lowest BCUT2D eigenvalue weighted by atomic mass is 10.1. The number of aromatic nitrogens is 1. The summed E-state index contributed by atoms with van der Waals surface area (Å²) in [5.74, 6) is 0.399. The Hall–Kier alpha value is -2.75. The zero-order chi connectivity index (χ0) is 14.1. The molecule has 0 saturated carbocycles. The summed E-state index contributed by atoms with van der Waals surface area (Å²) in [7, 11) is 1.61. The smallest absolute Gasteiger partial charge is 0.158 e. The van der Waals surface area contributed by atoms with E-state index in [1.165, 1.54) is 12.1 Å². The zero-order valence-corrected chi connectivity index (χ0v) is 10.9. The van der Waals surface area contributed by atoms with E-state index in [9.17, 15) is 10.2 Å². The number of para-hydroxylation sites is 1. The molecule has 0 fully saturated rings. The molecule has 3 rings (SSSR count). The van der Waals surface area contributed by atoms with Crippen molar-refractivity contribution in [1.82, 2.24) is 4.98 Å². The van der Waals surface area contributed by atoms with Gasteiger partial charge in [-0.2, -0.15) is 0 Å². The van der Waals surface area contributed by atoms with Gasteiger partial charge >= 0.3 is 0 Å². The first-order chi connectivity index (χ1) is 9.69. The summed E-state index contributed by atoms with van der Waals surface area (Å²) in [6.07, 6.45) is 0. The zero-order valence-electron chi connectivity index (χ0n) is 10.9. The quantitative estimate of drug-likeness (QED) is 0.699. The van der Waals surface area contributed by atoms with E-state index in [-0.39, 0.29) is 11.5 Å². The Morgan fingerprint density at radius 1 is 0.950 bits per heavy atom. The van der Waals surface area contributed by atoms with Gasteiger partial charge in [0.1, 0.15) is 5.75 Å². The van der Waals surface area contributed by atoms with Crippen LogP contribution in [0.25, 0.3) is 22.2 Å². The second kappa shape index (κ2) is 4.74. The van der Waals surface area contributed by atoms with Crippen LogP contribution in [0, 0.1) is 0 Å². The molecule has 2 aromatic carbocycles. The monoisotopic (exact) mass is 267 g/mol. The summed E-state index contributed by atoms with van der Waals surface area (Å²) in [6.45, 7) is 0. The summed E-state index contributed by atoms with van der Waals surface area (Å²) >= 11 is 0. The van der Waals surface area contributed by atoms with E-state index in [0.717, 1.165) is 16.7 Å². The van der Waals surface area contributed by atoms with Crippen molar-refractivity contribution >= 4 is 10.9 Å². The summed E-state index contributed by atoms with van der Waals surface area (Å²) < 4.78 is 5.39. The highest BCUT2D eigenvalue weighted by Gasteiger charge is 2.09. The molecule has 4 nitrogen and oxygen atoms in total. The van der Waals surface area contributed by atoms with Crippen LogP contribution in [0.2, 0.25) is 0 Å². The third-order valence-corrected chi connectivity index (χ3v) is 3.17. The molecule has 1 aromatic heterocycles. The maximum atomic E-state index is 9.59. The molecule has 100 valence electrons. The molecule has 0 saturated heterocycles. The second-order valence-electron chi connectivity index (χ2n) is 4.43. The van der Waals surface area contributed by atoms with Gasteiger partial charge in [-0.25, -0.2) is 4.98 Å². The van der Waals surface area contributed by atoms with Crippen LogP contribution >= 0.6 is 0 Å². The summed E-state index contributed by atoms with van der Waals surface area (Å²) in [5.41, 5.74) is 2.20. The van der Waals surface area contributed by atoms with Crippen LogP contribution in [0.15, 0.2) is 48.5 Å². The van der Waals surface area contributed by atoms with Crippen molar-refractivity contribution in [3.05, 3.63) is 48.5 Å². The molecule has 0 atom stereocenters. The van der Waals surface area contributed by atoms with Crippen molar-refractivity contribution in [2.45, 2.75) is 0 Å². The first-order valence-electron chi connectivity index (χ1n) is 6.15. The molecule has 0 aliphatic heterocycles. The van der Waals surface area contributed by atoms with Gasteiger partial charge in [-0.05, 0) is 30.3 Å². The number of aromatic hydroxyl groups is 2. The molecule has 0 amide bonds. The van der Waals surface area contributed by atoms with Gasteiger partial charge in [0.25, 0.3) is 0 Å². The number of fused-ring (bicyclic) bond motifs is 1. The minimum atomic E-state index is -0.170. The number of phenolic OH excluding ortho intramolecular Hbond substituents is 2. The highest BCUT2D eigenvalue weighted by Crippen LogP contribution is 2.33. The molecule has 0 aliphatic carbocycles. The highest BCUT2D eigenvalue weighted by atomic mass is 16.5. The SMILES string of the molecule is COc1cc(-c2ccc(O)c(O)c2)nc2ccccc12. The molecule has 0 aliphatic rings. The van der Waals surface area contributed by atoms with E-state index in [1.807, 2.05) is 30.3 Å². The predicted octanol–water partition coefficient (Wildman–Crippen LogP) is 3.32. The second-order valence-corrected chi connectivity index (χ2v) is 4.43. The van der Waals surface area contributed by atoms with Crippen LogP contribution in [-0.2, 0) is 0 Å². The van der Waals surface area contributed by atoms with E-state index in [0.29, 0.717) is 11.3 Å². The van der Waals surface area contributed by atoms with Crippen LogP contribution in [0.1, 0.15) is 0 Å². The summed E-state index contributed by atoms with van der Waals surface area (Å²) in [6, 6.07) is 14.1. The normalized spacial score (nSPS) is 10.7. The summed E-state index contributed by atoms with van der Waals surface area (Å²) in [5, 5.41) is 19.9. The molecule has 2 N–H and O–H groups in total. The molecule has 4 heteroatoms. The average molecular weight is 267 g/mol. The number of nitrogens with zero attached hydrogens (tertiary/aromatic N) is 1. The van der Waals surface area contributed by atoms with E-state index >= 15 is 0 Å². The van der Waals surface area contributed by atoms with Crippen LogP contribution in [0.5, 0.6) is 17.2 Å². The first kappa shape index (κ1) is 12.3. The van der Waals surface area contributed by atoms with E-state index in [2.05, 4.69) is 4.98 Å². The van der Waals surface area contributed by atoms with Gasteiger partial charge in [-0.15, -0.1) is 0 Å². The Balaban J connectivity index is 2.23. The molecule has 0 spiro atoms. The van der Waals surface area contributed by atoms with Crippen molar-refractivity contribution in [2.75, 3.05) is 7.11 Å². The van der Waals surface area contributed by atoms with Gasteiger partial charge in [0.2, 0.25) is 0 Å². The first-order valence-corrected chi connectivity index (χ1v) is 6.15. The van der Waals surface area contributed by atoms with Gasteiger partial charge in [0.15, 0.2) is 11.5 Å². The number of methoxy groups -OCH3 is 1. The standard InChI is InChI=1S/C16H13NO3/c1-20-16-9-13(10-6-7-14(18)15(19)8-10)17-12-5-3-2-4-11(12)16/h2-9,18-19H,1H3. The Labute approximate surface area is 115 Å². The van der Waals surface area contributed by atoms with E-state index in [1.54, 1.807) is 13.2 Å². The number of ether oxygens (including phenoxy) is 1. The number of hydrogen-bond donors (Lipinski definition) is 2. The lowest BCUT2D eigenvalue weighted by molar-refractivity contribution is 0.404. The molecular weight excluding hydrogens is 254 g/mol. The lowest BCUT2D eigenvalue weighted by Crippen LogP contribution is -1.91. The minimum Gasteiger partial charge on any atom is -0.504 e. The van der Waals surface area contributed by atoms with Crippen LogP contribution in [-0.4, -0.2) is 22.3 Å². The van der Waals surface area contributed by atoms with Crippen molar-refractivity contribution in [1.29, 1.82) is 0 Å². The van der Waals surface area contributed by atoms with E-state index in [4.69, 9.17) is 4.74 Å². The Bertz CT molecular complexity index is 784. The Morgan fingerprint density at radius 3 is 2.50 bits per heavy atom. The molecule has 0 bridgehead atoms.